The van der Waals surface area contributed by atoms with Gasteiger partial charge in [0.1, 0.15) is 5.82 Å². The topological polar surface area (TPSA) is 54.2 Å². The molecule has 0 aromatic carbocycles. The molecular weight excluding hydrogens is 188 g/mol. The minimum Gasteiger partial charge on any atom is -0.354 e. The van der Waals surface area contributed by atoms with E-state index in [-0.39, 0.29) is 6.04 Å². The molecule has 4 nitrogen and oxygen atoms in total. The maximum Gasteiger partial charge on any atom is 0.128 e. The first kappa shape index (κ1) is 10.4. The second kappa shape index (κ2) is 4.59. The smallest absolute Gasteiger partial charge is 0.128 e. The van der Waals surface area contributed by atoms with Gasteiger partial charge in [0, 0.05) is 32.2 Å². The summed E-state index contributed by atoms with van der Waals surface area (Å²) in [6.07, 6.45) is 0. The third-order valence-electron chi connectivity index (χ3n) is 2.66. The summed E-state index contributed by atoms with van der Waals surface area (Å²) in [4.78, 5) is 6.86. The van der Waals surface area contributed by atoms with E-state index >= 15 is 0 Å². The van der Waals surface area contributed by atoms with Crippen molar-refractivity contribution in [3.8, 4) is 0 Å². The van der Waals surface area contributed by atoms with Crippen molar-refractivity contribution >= 4 is 5.82 Å². The van der Waals surface area contributed by atoms with Gasteiger partial charge in [-0.25, -0.2) is 4.98 Å². The van der Waals surface area contributed by atoms with E-state index < -0.39 is 0 Å². The molecule has 1 atom stereocenters. The molecule has 3 N–H and O–H groups in total. The van der Waals surface area contributed by atoms with Crippen LogP contribution in [0.2, 0.25) is 0 Å². The van der Waals surface area contributed by atoms with E-state index in [1.807, 2.05) is 19.1 Å². The Morgan fingerprint density at radius 2 is 2.13 bits per heavy atom. The fraction of sp³-hybridized carbons (Fsp3) is 0.545. The summed E-state index contributed by atoms with van der Waals surface area (Å²) in [5, 5.41) is 3.33. The first-order valence-electron chi connectivity index (χ1n) is 5.45. The Morgan fingerprint density at radius 1 is 1.40 bits per heavy atom. The van der Waals surface area contributed by atoms with Crippen LogP contribution in [0, 0.1) is 0 Å². The molecule has 0 unspecified atom stereocenters. The molecule has 1 aliphatic heterocycles. The summed E-state index contributed by atoms with van der Waals surface area (Å²) < 4.78 is 0. The van der Waals surface area contributed by atoms with E-state index in [1.165, 1.54) is 0 Å². The van der Waals surface area contributed by atoms with Gasteiger partial charge in [-0.05, 0) is 19.1 Å². The van der Waals surface area contributed by atoms with Gasteiger partial charge < -0.3 is 16.0 Å². The largest absolute Gasteiger partial charge is 0.354 e. The summed E-state index contributed by atoms with van der Waals surface area (Å²) in [5.41, 5.74) is 6.78. The van der Waals surface area contributed by atoms with E-state index in [1.54, 1.807) is 0 Å². The molecule has 0 saturated carbocycles. The van der Waals surface area contributed by atoms with E-state index in [0.717, 1.165) is 37.7 Å². The van der Waals surface area contributed by atoms with Crippen molar-refractivity contribution in [2.45, 2.75) is 13.0 Å². The van der Waals surface area contributed by atoms with Crippen LogP contribution in [0.15, 0.2) is 18.2 Å². The second-order valence-electron chi connectivity index (χ2n) is 3.95. The van der Waals surface area contributed by atoms with Crippen LogP contribution in [0.4, 0.5) is 5.82 Å². The Morgan fingerprint density at radius 3 is 2.80 bits per heavy atom. The summed E-state index contributed by atoms with van der Waals surface area (Å²) in [6, 6.07) is 6.07. The molecule has 1 aromatic rings. The van der Waals surface area contributed by atoms with E-state index in [4.69, 9.17) is 5.73 Å². The first-order chi connectivity index (χ1) is 7.27. The summed E-state index contributed by atoms with van der Waals surface area (Å²) in [6.45, 7) is 6.07. The highest BCUT2D eigenvalue weighted by Crippen LogP contribution is 2.14. The number of aromatic nitrogens is 1. The molecular formula is C11H18N4. The van der Waals surface area contributed by atoms with Gasteiger partial charge in [-0.3, -0.25) is 0 Å². The lowest BCUT2D eigenvalue weighted by Crippen LogP contribution is -2.44. The van der Waals surface area contributed by atoms with E-state index in [0.29, 0.717) is 0 Å². The molecule has 2 rings (SSSR count). The Kier molecular flexibility index (Phi) is 3.18. The van der Waals surface area contributed by atoms with Gasteiger partial charge in [0.05, 0.1) is 5.69 Å². The van der Waals surface area contributed by atoms with Crippen LogP contribution in [0.3, 0.4) is 0 Å². The number of hydrogen-bond donors (Lipinski definition) is 2. The lowest BCUT2D eigenvalue weighted by atomic mass is 10.2. The number of anilines is 1. The predicted octanol–water partition coefficient (Wildman–Crippen LogP) is 0.511. The van der Waals surface area contributed by atoms with E-state index in [9.17, 15) is 0 Å². The van der Waals surface area contributed by atoms with Crippen LogP contribution in [0.5, 0.6) is 0 Å². The number of nitrogens with one attached hydrogen (secondary N) is 1. The monoisotopic (exact) mass is 206 g/mol. The van der Waals surface area contributed by atoms with Gasteiger partial charge in [-0.1, -0.05) is 6.07 Å². The zero-order valence-corrected chi connectivity index (χ0v) is 9.11. The van der Waals surface area contributed by atoms with Crippen LogP contribution in [0.25, 0.3) is 0 Å². The fourth-order valence-corrected chi connectivity index (χ4v) is 1.76. The maximum atomic E-state index is 5.82. The molecule has 1 fully saturated rings. The fourth-order valence-electron chi connectivity index (χ4n) is 1.76. The van der Waals surface area contributed by atoms with Crippen LogP contribution < -0.4 is 16.0 Å². The van der Waals surface area contributed by atoms with Crippen LogP contribution in [0.1, 0.15) is 18.7 Å². The number of nitrogens with zero attached hydrogens (tertiary/aromatic N) is 2. The maximum absolute atomic E-state index is 5.82. The molecule has 4 heteroatoms. The van der Waals surface area contributed by atoms with Crippen molar-refractivity contribution in [2.24, 2.45) is 5.73 Å². The molecule has 0 bridgehead atoms. The van der Waals surface area contributed by atoms with Gasteiger partial charge >= 0.3 is 0 Å². The molecule has 0 spiro atoms. The van der Waals surface area contributed by atoms with Gasteiger partial charge in [0.25, 0.3) is 0 Å². The highest BCUT2D eigenvalue weighted by atomic mass is 15.2. The minimum absolute atomic E-state index is 0.00728. The number of nitrogens with two attached hydrogens (primary N) is 1. The van der Waals surface area contributed by atoms with Gasteiger partial charge in [0.15, 0.2) is 0 Å². The summed E-state index contributed by atoms with van der Waals surface area (Å²) >= 11 is 0. The van der Waals surface area contributed by atoms with Gasteiger partial charge in [0.2, 0.25) is 0 Å². The van der Waals surface area contributed by atoms with Crippen LogP contribution in [-0.2, 0) is 0 Å². The van der Waals surface area contributed by atoms with Crippen LogP contribution >= 0.6 is 0 Å². The summed E-state index contributed by atoms with van der Waals surface area (Å²) in [5.74, 6) is 1.05. The normalized spacial score (nSPS) is 18.9. The molecule has 0 radical (unpaired) electrons. The van der Waals surface area contributed by atoms with Crippen molar-refractivity contribution in [3.05, 3.63) is 23.9 Å². The minimum atomic E-state index is 0.00728. The van der Waals surface area contributed by atoms with Crippen molar-refractivity contribution in [2.75, 3.05) is 31.1 Å². The SMILES string of the molecule is C[C@@H](N)c1cccc(N2CCNCC2)n1. The van der Waals surface area contributed by atoms with E-state index in [2.05, 4.69) is 21.3 Å². The highest BCUT2D eigenvalue weighted by molar-refractivity contribution is 5.40. The Bertz CT molecular complexity index is 318. The third kappa shape index (κ3) is 2.46. The predicted molar refractivity (Wildman–Crippen MR) is 61.9 cm³/mol. The quantitative estimate of drug-likeness (QED) is 0.740. The van der Waals surface area contributed by atoms with Crippen molar-refractivity contribution < 1.29 is 0 Å². The Hall–Kier alpha value is -1.13. The van der Waals surface area contributed by atoms with Gasteiger partial charge in [-0.2, -0.15) is 0 Å². The zero-order chi connectivity index (χ0) is 10.7. The zero-order valence-electron chi connectivity index (χ0n) is 9.11. The average Bonchev–Trinajstić information content (AvgIpc) is 2.30. The number of pyridine rings is 1. The molecule has 15 heavy (non-hydrogen) atoms. The molecule has 2 heterocycles. The molecule has 0 amide bonds. The van der Waals surface area contributed by atoms with Gasteiger partial charge in [-0.15, -0.1) is 0 Å². The molecule has 1 aliphatic rings. The third-order valence-corrected chi connectivity index (χ3v) is 2.66. The lowest BCUT2D eigenvalue weighted by Gasteiger charge is -2.28. The molecule has 1 aromatic heterocycles. The Balaban J connectivity index is 2.16. The first-order valence-corrected chi connectivity index (χ1v) is 5.45. The lowest BCUT2D eigenvalue weighted by molar-refractivity contribution is 0.583. The summed E-state index contributed by atoms with van der Waals surface area (Å²) in [7, 11) is 0. The van der Waals surface area contributed by atoms with Crippen molar-refractivity contribution in [3.63, 3.8) is 0 Å². The molecule has 0 aliphatic carbocycles. The standard InChI is InChI=1S/C11H18N4/c1-9(12)10-3-2-4-11(14-10)15-7-5-13-6-8-15/h2-4,9,13H,5-8,12H2,1H3/t9-/m1/s1. The van der Waals surface area contributed by atoms with Crippen LogP contribution in [-0.4, -0.2) is 31.2 Å². The average molecular weight is 206 g/mol. The van der Waals surface area contributed by atoms with Crippen molar-refractivity contribution in [1.29, 1.82) is 0 Å². The Labute approximate surface area is 90.5 Å². The number of rotatable bonds is 2. The highest BCUT2D eigenvalue weighted by Gasteiger charge is 2.12. The molecule has 1 saturated heterocycles. The molecule has 82 valence electrons. The number of piperazine rings is 1. The second-order valence-corrected chi connectivity index (χ2v) is 3.95. The van der Waals surface area contributed by atoms with Crippen molar-refractivity contribution in [1.82, 2.24) is 10.3 Å². The number of hydrogen-bond acceptors (Lipinski definition) is 4.